The van der Waals surface area contributed by atoms with Crippen molar-refractivity contribution in [2.24, 2.45) is 5.73 Å². The zero-order valence-electron chi connectivity index (χ0n) is 13.3. The molecule has 0 fully saturated rings. The van der Waals surface area contributed by atoms with Gasteiger partial charge in [0, 0.05) is 26.1 Å². The SMILES string of the molecule is CCc1oc(C(=O)N(CCN)CCc2ccccc2)cc1C. The summed E-state index contributed by atoms with van der Waals surface area (Å²) >= 11 is 0. The van der Waals surface area contributed by atoms with Gasteiger partial charge in [-0.15, -0.1) is 0 Å². The second kappa shape index (κ2) is 7.80. The van der Waals surface area contributed by atoms with E-state index < -0.39 is 0 Å². The Balaban J connectivity index is 2.07. The molecule has 2 rings (SSSR count). The molecule has 0 bridgehead atoms. The standard InChI is InChI=1S/C18H24N2O2/c1-3-16-14(2)13-17(22-16)18(21)20(12-10-19)11-9-15-7-5-4-6-8-15/h4-8,13H,3,9-12,19H2,1-2H3. The molecule has 1 aromatic carbocycles. The minimum atomic E-state index is -0.0795. The van der Waals surface area contributed by atoms with Gasteiger partial charge in [-0.2, -0.15) is 0 Å². The Morgan fingerprint density at radius 2 is 1.95 bits per heavy atom. The number of carbonyl (C=O) groups is 1. The quantitative estimate of drug-likeness (QED) is 0.855. The predicted molar refractivity (Wildman–Crippen MR) is 87.9 cm³/mol. The lowest BCUT2D eigenvalue weighted by atomic mass is 10.1. The maximum atomic E-state index is 12.6. The molecule has 1 heterocycles. The minimum absolute atomic E-state index is 0.0795. The molecule has 4 nitrogen and oxygen atoms in total. The van der Waals surface area contributed by atoms with Gasteiger partial charge < -0.3 is 15.1 Å². The fraction of sp³-hybridized carbons (Fsp3) is 0.389. The molecular formula is C18H24N2O2. The van der Waals surface area contributed by atoms with Crippen LogP contribution in [0, 0.1) is 6.92 Å². The molecule has 0 aliphatic heterocycles. The summed E-state index contributed by atoms with van der Waals surface area (Å²) in [6.07, 6.45) is 1.60. The third-order valence-corrected chi connectivity index (χ3v) is 3.75. The molecule has 2 N–H and O–H groups in total. The number of aryl methyl sites for hydroxylation is 2. The van der Waals surface area contributed by atoms with Crippen molar-refractivity contribution in [2.45, 2.75) is 26.7 Å². The van der Waals surface area contributed by atoms with Gasteiger partial charge in [-0.25, -0.2) is 0 Å². The summed E-state index contributed by atoms with van der Waals surface area (Å²) in [5.74, 6) is 1.21. The molecule has 0 atom stereocenters. The molecule has 0 unspecified atom stereocenters. The first-order valence-electron chi connectivity index (χ1n) is 7.78. The third kappa shape index (κ3) is 3.98. The van der Waals surface area contributed by atoms with Crippen molar-refractivity contribution >= 4 is 5.91 Å². The molecule has 118 valence electrons. The fourth-order valence-corrected chi connectivity index (χ4v) is 2.51. The van der Waals surface area contributed by atoms with E-state index in [2.05, 4.69) is 12.1 Å². The van der Waals surface area contributed by atoms with Crippen LogP contribution in [0.2, 0.25) is 0 Å². The van der Waals surface area contributed by atoms with Crippen LogP contribution in [0.3, 0.4) is 0 Å². The van der Waals surface area contributed by atoms with Gasteiger partial charge in [0.15, 0.2) is 5.76 Å². The number of nitrogens with two attached hydrogens (primary N) is 1. The zero-order chi connectivity index (χ0) is 15.9. The summed E-state index contributed by atoms with van der Waals surface area (Å²) in [5, 5.41) is 0. The van der Waals surface area contributed by atoms with Gasteiger partial charge in [0.05, 0.1) is 0 Å². The van der Waals surface area contributed by atoms with Crippen LogP contribution in [0.1, 0.15) is 34.4 Å². The van der Waals surface area contributed by atoms with Crippen LogP contribution in [0.4, 0.5) is 0 Å². The Labute approximate surface area is 131 Å². The van der Waals surface area contributed by atoms with Gasteiger partial charge in [0.2, 0.25) is 0 Å². The Kier molecular flexibility index (Phi) is 5.78. The van der Waals surface area contributed by atoms with Crippen molar-refractivity contribution in [3.05, 3.63) is 59.0 Å². The third-order valence-electron chi connectivity index (χ3n) is 3.75. The van der Waals surface area contributed by atoms with Gasteiger partial charge in [-0.1, -0.05) is 37.3 Å². The fourth-order valence-electron chi connectivity index (χ4n) is 2.51. The van der Waals surface area contributed by atoms with Crippen molar-refractivity contribution in [1.82, 2.24) is 4.90 Å². The predicted octanol–water partition coefficient (Wildman–Crippen LogP) is 2.79. The van der Waals surface area contributed by atoms with E-state index in [4.69, 9.17) is 10.2 Å². The van der Waals surface area contributed by atoms with E-state index in [9.17, 15) is 4.79 Å². The summed E-state index contributed by atoms with van der Waals surface area (Å²) in [5.41, 5.74) is 7.89. The summed E-state index contributed by atoms with van der Waals surface area (Å²) in [4.78, 5) is 14.4. The second-order valence-electron chi connectivity index (χ2n) is 5.39. The van der Waals surface area contributed by atoms with Crippen molar-refractivity contribution < 1.29 is 9.21 Å². The molecule has 1 amide bonds. The van der Waals surface area contributed by atoms with Crippen LogP contribution in [0.15, 0.2) is 40.8 Å². The number of hydrogen-bond acceptors (Lipinski definition) is 3. The molecule has 0 aliphatic rings. The lowest BCUT2D eigenvalue weighted by Crippen LogP contribution is -2.36. The highest BCUT2D eigenvalue weighted by atomic mass is 16.4. The number of nitrogens with zero attached hydrogens (tertiary/aromatic N) is 1. The van der Waals surface area contributed by atoms with Gasteiger partial charge in [0.25, 0.3) is 5.91 Å². The molecule has 0 saturated heterocycles. The van der Waals surface area contributed by atoms with Gasteiger partial charge in [-0.05, 0) is 30.5 Å². The lowest BCUT2D eigenvalue weighted by molar-refractivity contribution is 0.0728. The summed E-state index contributed by atoms with van der Waals surface area (Å²) in [6, 6.07) is 12.0. The monoisotopic (exact) mass is 300 g/mol. The highest BCUT2D eigenvalue weighted by molar-refractivity contribution is 5.91. The van der Waals surface area contributed by atoms with Crippen LogP contribution in [0.25, 0.3) is 0 Å². The van der Waals surface area contributed by atoms with E-state index in [0.29, 0.717) is 25.4 Å². The molecule has 0 spiro atoms. The number of amides is 1. The Bertz CT molecular complexity index is 605. The smallest absolute Gasteiger partial charge is 0.289 e. The van der Waals surface area contributed by atoms with Crippen molar-refractivity contribution in [3.8, 4) is 0 Å². The molecule has 2 aromatic rings. The average molecular weight is 300 g/mol. The van der Waals surface area contributed by atoms with E-state index in [1.165, 1.54) is 5.56 Å². The maximum Gasteiger partial charge on any atom is 0.289 e. The van der Waals surface area contributed by atoms with Gasteiger partial charge in [-0.3, -0.25) is 4.79 Å². The molecule has 0 saturated carbocycles. The van der Waals surface area contributed by atoms with Crippen molar-refractivity contribution in [3.63, 3.8) is 0 Å². The Hall–Kier alpha value is -2.07. The van der Waals surface area contributed by atoms with Crippen LogP contribution in [-0.2, 0) is 12.8 Å². The van der Waals surface area contributed by atoms with Gasteiger partial charge in [0.1, 0.15) is 5.76 Å². The summed E-state index contributed by atoms with van der Waals surface area (Å²) in [7, 11) is 0. The van der Waals surface area contributed by atoms with Crippen LogP contribution < -0.4 is 5.73 Å². The van der Waals surface area contributed by atoms with E-state index in [1.807, 2.05) is 38.1 Å². The molecular weight excluding hydrogens is 276 g/mol. The number of rotatable bonds is 7. The van der Waals surface area contributed by atoms with E-state index in [0.717, 1.165) is 24.2 Å². The maximum absolute atomic E-state index is 12.6. The zero-order valence-corrected chi connectivity index (χ0v) is 13.3. The van der Waals surface area contributed by atoms with Crippen LogP contribution in [-0.4, -0.2) is 30.4 Å². The summed E-state index contributed by atoms with van der Waals surface area (Å²) < 4.78 is 5.67. The number of furan rings is 1. The number of hydrogen-bond donors (Lipinski definition) is 1. The first-order chi connectivity index (χ1) is 10.7. The normalized spacial score (nSPS) is 10.7. The Morgan fingerprint density at radius 1 is 1.23 bits per heavy atom. The van der Waals surface area contributed by atoms with Crippen molar-refractivity contribution in [2.75, 3.05) is 19.6 Å². The number of benzene rings is 1. The lowest BCUT2D eigenvalue weighted by Gasteiger charge is -2.21. The summed E-state index contributed by atoms with van der Waals surface area (Å²) in [6.45, 7) is 5.61. The molecule has 0 radical (unpaired) electrons. The first-order valence-corrected chi connectivity index (χ1v) is 7.78. The second-order valence-corrected chi connectivity index (χ2v) is 5.39. The largest absolute Gasteiger partial charge is 0.456 e. The molecule has 22 heavy (non-hydrogen) atoms. The number of carbonyl (C=O) groups excluding carboxylic acids is 1. The Morgan fingerprint density at radius 3 is 2.55 bits per heavy atom. The van der Waals surface area contributed by atoms with Gasteiger partial charge >= 0.3 is 0 Å². The van der Waals surface area contributed by atoms with Crippen molar-refractivity contribution in [1.29, 1.82) is 0 Å². The van der Waals surface area contributed by atoms with E-state index in [-0.39, 0.29) is 5.91 Å². The minimum Gasteiger partial charge on any atom is -0.456 e. The average Bonchev–Trinajstić information content (AvgIpc) is 2.92. The van der Waals surface area contributed by atoms with E-state index in [1.54, 1.807) is 4.90 Å². The molecule has 1 aromatic heterocycles. The topological polar surface area (TPSA) is 59.5 Å². The highest BCUT2D eigenvalue weighted by Crippen LogP contribution is 2.17. The molecule has 4 heteroatoms. The van der Waals surface area contributed by atoms with Crippen LogP contribution in [0.5, 0.6) is 0 Å². The van der Waals surface area contributed by atoms with Crippen LogP contribution >= 0.6 is 0 Å². The first kappa shape index (κ1) is 16.3. The van der Waals surface area contributed by atoms with E-state index >= 15 is 0 Å². The highest BCUT2D eigenvalue weighted by Gasteiger charge is 2.20. The molecule has 0 aliphatic carbocycles.